The number of halogens is 2. The smallest absolute Gasteiger partial charge is 0.268 e. The number of amides is 2. The van der Waals surface area contributed by atoms with E-state index >= 15 is 0 Å². The van der Waals surface area contributed by atoms with Gasteiger partial charge < -0.3 is 10.1 Å². The van der Waals surface area contributed by atoms with Crippen molar-refractivity contribution in [2.75, 3.05) is 5.32 Å². The molecular formula is C17H14F2N2O5S. The van der Waals surface area contributed by atoms with E-state index in [1.165, 1.54) is 12.1 Å². The van der Waals surface area contributed by atoms with Gasteiger partial charge in [-0.15, -0.1) is 0 Å². The van der Waals surface area contributed by atoms with E-state index in [2.05, 4.69) is 5.32 Å². The number of hydrogen-bond acceptors (Lipinski definition) is 5. The van der Waals surface area contributed by atoms with Crippen molar-refractivity contribution in [1.82, 2.24) is 4.72 Å². The van der Waals surface area contributed by atoms with Crippen molar-refractivity contribution in [1.29, 1.82) is 0 Å². The van der Waals surface area contributed by atoms with Gasteiger partial charge in [0.05, 0.1) is 16.1 Å². The highest BCUT2D eigenvalue weighted by atomic mass is 32.2. The van der Waals surface area contributed by atoms with Gasteiger partial charge in [-0.25, -0.2) is 21.9 Å². The first-order chi connectivity index (χ1) is 12.7. The molecule has 1 unspecified atom stereocenters. The summed E-state index contributed by atoms with van der Waals surface area (Å²) in [6.07, 6.45) is -0.253. The molecule has 2 aromatic rings. The van der Waals surface area contributed by atoms with Crippen LogP contribution in [0, 0.1) is 11.6 Å². The van der Waals surface area contributed by atoms with E-state index in [0.717, 1.165) is 12.1 Å². The monoisotopic (exact) mass is 396 g/mol. The SMILES string of the molecule is CCC1Oc2ccc(S(=O)(=O)NC(=O)c3cc(F)ccc3F)cc2NC1=O. The van der Waals surface area contributed by atoms with Gasteiger partial charge in [0.2, 0.25) is 0 Å². The van der Waals surface area contributed by atoms with Crippen LogP contribution in [0.25, 0.3) is 0 Å². The normalized spacial score (nSPS) is 16.1. The van der Waals surface area contributed by atoms with E-state index in [4.69, 9.17) is 4.74 Å². The number of fused-ring (bicyclic) bond motifs is 1. The lowest BCUT2D eigenvalue weighted by molar-refractivity contribution is -0.123. The molecule has 7 nitrogen and oxygen atoms in total. The first-order valence-corrected chi connectivity index (χ1v) is 9.33. The van der Waals surface area contributed by atoms with Gasteiger partial charge in [0.1, 0.15) is 17.4 Å². The standard InChI is InChI=1S/C17H14F2N2O5S/c1-2-14-17(23)20-13-8-10(4-6-15(13)26-14)27(24,25)21-16(22)11-7-9(18)3-5-12(11)19/h3-8,14H,2H2,1H3,(H,20,23)(H,21,22). The molecule has 0 fully saturated rings. The molecule has 1 aliphatic heterocycles. The summed E-state index contributed by atoms with van der Waals surface area (Å²) in [5, 5.41) is 2.52. The van der Waals surface area contributed by atoms with Gasteiger partial charge in [0, 0.05) is 0 Å². The summed E-state index contributed by atoms with van der Waals surface area (Å²) >= 11 is 0. The summed E-state index contributed by atoms with van der Waals surface area (Å²) in [6, 6.07) is 5.71. The molecule has 1 heterocycles. The summed E-state index contributed by atoms with van der Waals surface area (Å²) < 4.78 is 58.8. The molecular weight excluding hydrogens is 382 g/mol. The van der Waals surface area contributed by atoms with E-state index in [0.29, 0.717) is 18.6 Å². The minimum Gasteiger partial charge on any atom is -0.478 e. The van der Waals surface area contributed by atoms with E-state index in [1.807, 2.05) is 0 Å². The molecule has 2 amide bonds. The third-order valence-electron chi connectivity index (χ3n) is 3.85. The number of anilines is 1. The van der Waals surface area contributed by atoms with Crippen molar-refractivity contribution < 1.29 is 31.5 Å². The Kier molecular flexibility index (Phi) is 4.83. The lowest BCUT2D eigenvalue weighted by Crippen LogP contribution is -2.36. The second-order valence-electron chi connectivity index (χ2n) is 5.72. The second-order valence-corrected chi connectivity index (χ2v) is 7.40. The Bertz CT molecular complexity index is 1040. The van der Waals surface area contributed by atoms with Crippen molar-refractivity contribution in [3.05, 3.63) is 53.6 Å². The minimum atomic E-state index is -4.40. The predicted molar refractivity (Wildman–Crippen MR) is 90.8 cm³/mol. The number of carbonyl (C=O) groups is 2. The second kappa shape index (κ2) is 6.95. The highest BCUT2D eigenvalue weighted by Gasteiger charge is 2.28. The molecule has 0 aliphatic carbocycles. The number of ether oxygens (including phenoxy) is 1. The van der Waals surface area contributed by atoms with E-state index in [1.54, 1.807) is 11.6 Å². The highest BCUT2D eigenvalue weighted by molar-refractivity contribution is 7.90. The molecule has 0 radical (unpaired) electrons. The van der Waals surface area contributed by atoms with Gasteiger partial charge in [-0.05, 0) is 42.8 Å². The zero-order chi connectivity index (χ0) is 19.8. The lowest BCUT2D eigenvalue weighted by Gasteiger charge is -2.25. The largest absolute Gasteiger partial charge is 0.478 e. The number of hydrogen-bond donors (Lipinski definition) is 2. The summed E-state index contributed by atoms with van der Waals surface area (Å²) in [5.41, 5.74) is -0.629. The van der Waals surface area contributed by atoms with Crippen LogP contribution in [0.3, 0.4) is 0 Å². The summed E-state index contributed by atoms with van der Waals surface area (Å²) in [4.78, 5) is 23.5. The minimum absolute atomic E-state index is 0.122. The van der Waals surface area contributed by atoms with Gasteiger partial charge in [0.25, 0.3) is 21.8 Å². The summed E-state index contributed by atoms with van der Waals surface area (Å²) in [5.74, 6) is -3.43. The number of nitrogens with one attached hydrogen (secondary N) is 2. The molecule has 142 valence electrons. The van der Waals surface area contributed by atoms with Crippen LogP contribution >= 0.6 is 0 Å². The molecule has 0 saturated heterocycles. The topological polar surface area (TPSA) is 102 Å². The molecule has 0 spiro atoms. The zero-order valence-electron chi connectivity index (χ0n) is 14.0. The Balaban J connectivity index is 1.88. The zero-order valence-corrected chi connectivity index (χ0v) is 14.8. The maximum absolute atomic E-state index is 13.6. The van der Waals surface area contributed by atoms with Crippen LogP contribution in [0.5, 0.6) is 5.75 Å². The Morgan fingerprint density at radius 1 is 1.22 bits per heavy atom. The molecule has 1 aliphatic rings. The predicted octanol–water partition coefficient (Wildman–Crippen LogP) is 2.19. The quantitative estimate of drug-likeness (QED) is 0.825. The number of sulfonamides is 1. The lowest BCUT2D eigenvalue weighted by atomic mass is 10.2. The average molecular weight is 396 g/mol. The Labute approximate surface area is 153 Å². The summed E-state index contributed by atoms with van der Waals surface area (Å²) in [6.45, 7) is 1.76. The Hall–Kier alpha value is -3.01. The van der Waals surface area contributed by atoms with Gasteiger partial charge in [-0.2, -0.15) is 0 Å². The maximum Gasteiger partial charge on any atom is 0.268 e. The van der Waals surface area contributed by atoms with Crippen molar-refractivity contribution in [3.63, 3.8) is 0 Å². The highest BCUT2D eigenvalue weighted by Crippen LogP contribution is 2.32. The Morgan fingerprint density at radius 2 is 1.96 bits per heavy atom. The number of rotatable bonds is 4. The van der Waals surface area contributed by atoms with Gasteiger partial charge in [0.15, 0.2) is 6.10 Å². The van der Waals surface area contributed by atoms with Crippen LogP contribution in [0.1, 0.15) is 23.7 Å². The van der Waals surface area contributed by atoms with Crippen LogP contribution in [-0.2, 0) is 14.8 Å². The van der Waals surface area contributed by atoms with Crippen LogP contribution in [-0.4, -0.2) is 26.3 Å². The van der Waals surface area contributed by atoms with Gasteiger partial charge in [-0.1, -0.05) is 6.92 Å². The third kappa shape index (κ3) is 3.75. The number of benzene rings is 2. The van der Waals surface area contributed by atoms with E-state index in [-0.39, 0.29) is 16.3 Å². The number of carbonyl (C=O) groups excluding carboxylic acids is 2. The molecule has 3 rings (SSSR count). The van der Waals surface area contributed by atoms with Crippen LogP contribution in [0.2, 0.25) is 0 Å². The van der Waals surface area contributed by atoms with Gasteiger partial charge in [-0.3, -0.25) is 9.59 Å². The molecule has 0 aromatic heterocycles. The fourth-order valence-electron chi connectivity index (χ4n) is 2.47. The molecule has 2 N–H and O–H groups in total. The van der Waals surface area contributed by atoms with Crippen molar-refractivity contribution in [2.45, 2.75) is 24.3 Å². The van der Waals surface area contributed by atoms with E-state index < -0.39 is 45.1 Å². The van der Waals surface area contributed by atoms with Crippen LogP contribution in [0.4, 0.5) is 14.5 Å². The Morgan fingerprint density at radius 3 is 2.67 bits per heavy atom. The van der Waals surface area contributed by atoms with E-state index in [9.17, 15) is 26.8 Å². The first-order valence-electron chi connectivity index (χ1n) is 7.85. The van der Waals surface area contributed by atoms with Crippen LogP contribution < -0.4 is 14.8 Å². The average Bonchev–Trinajstić information content (AvgIpc) is 2.62. The molecule has 10 heteroatoms. The third-order valence-corrected chi connectivity index (χ3v) is 5.18. The molecule has 2 aromatic carbocycles. The van der Waals surface area contributed by atoms with Crippen molar-refractivity contribution in [2.24, 2.45) is 0 Å². The molecule has 27 heavy (non-hydrogen) atoms. The first kappa shape index (κ1) is 18.8. The fraction of sp³-hybridized carbons (Fsp3) is 0.176. The summed E-state index contributed by atoms with van der Waals surface area (Å²) in [7, 11) is -4.40. The van der Waals surface area contributed by atoms with Crippen molar-refractivity contribution in [3.8, 4) is 5.75 Å². The molecule has 0 saturated carbocycles. The van der Waals surface area contributed by atoms with Crippen LogP contribution in [0.15, 0.2) is 41.3 Å². The maximum atomic E-state index is 13.6. The molecule has 1 atom stereocenters. The fourth-order valence-corrected chi connectivity index (χ4v) is 3.46. The van der Waals surface area contributed by atoms with Gasteiger partial charge >= 0.3 is 0 Å². The molecule has 0 bridgehead atoms. The van der Waals surface area contributed by atoms with Crippen molar-refractivity contribution >= 4 is 27.5 Å².